The van der Waals surface area contributed by atoms with Crippen LogP contribution in [-0.2, 0) is 0 Å². The van der Waals surface area contributed by atoms with Gasteiger partial charge in [-0.1, -0.05) is 11.6 Å². The minimum absolute atomic E-state index is 0.0732. The Morgan fingerprint density at radius 1 is 1.33 bits per heavy atom. The van der Waals surface area contributed by atoms with Gasteiger partial charge in [0.15, 0.2) is 0 Å². The van der Waals surface area contributed by atoms with Crippen molar-refractivity contribution in [2.45, 2.75) is 0 Å². The number of hydrogen-bond acceptors (Lipinski definition) is 2. The number of aromatic nitrogens is 1. The van der Waals surface area contributed by atoms with Crippen LogP contribution in [0.2, 0.25) is 5.02 Å². The summed E-state index contributed by atoms with van der Waals surface area (Å²) in [6, 6.07) is 4.64. The number of H-pyrrole nitrogens is 1. The Morgan fingerprint density at radius 2 is 2.06 bits per heavy atom. The van der Waals surface area contributed by atoms with Gasteiger partial charge >= 0.3 is 5.97 Å². The van der Waals surface area contributed by atoms with Gasteiger partial charge in [-0.2, -0.15) is 0 Å². The molecular formula is C12H7ClFNO3. The summed E-state index contributed by atoms with van der Waals surface area (Å²) in [5.74, 6) is -2.02. The van der Waals surface area contributed by atoms with Crippen molar-refractivity contribution in [3.05, 3.63) is 57.2 Å². The second-order valence-electron chi connectivity index (χ2n) is 3.56. The van der Waals surface area contributed by atoms with Crippen LogP contribution in [0.3, 0.4) is 0 Å². The third kappa shape index (κ3) is 2.26. The van der Waals surface area contributed by atoms with Crippen molar-refractivity contribution in [1.82, 2.24) is 4.98 Å². The van der Waals surface area contributed by atoms with E-state index < -0.39 is 11.8 Å². The van der Waals surface area contributed by atoms with Crippen molar-refractivity contribution in [3.8, 4) is 11.1 Å². The van der Waals surface area contributed by atoms with E-state index in [1.165, 1.54) is 18.3 Å². The molecule has 0 fully saturated rings. The predicted octanol–water partition coefficient (Wildman–Crippen LogP) is 2.53. The summed E-state index contributed by atoms with van der Waals surface area (Å²) in [7, 11) is 0. The van der Waals surface area contributed by atoms with Crippen LogP contribution in [-0.4, -0.2) is 16.1 Å². The molecule has 1 heterocycles. The Labute approximate surface area is 106 Å². The quantitative estimate of drug-likeness (QED) is 0.878. The SMILES string of the molecule is O=C(O)c1cc(F)cc(-c2ccc(=O)[nH]c2)c1Cl. The molecule has 0 radical (unpaired) electrons. The Balaban J connectivity index is 2.67. The molecule has 0 aliphatic rings. The monoisotopic (exact) mass is 267 g/mol. The van der Waals surface area contributed by atoms with Crippen LogP contribution in [0.1, 0.15) is 10.4 Å². The smallest absolute Gasteiger partial charge is 0.337 e. The van der Waals surface area contributed by atoms with E-state index in [9.17, 15) is 14.0 Å². The molecule has 18 heavy (non-hydrogen) atoms. The minimum atomic E-state index is -1.31. The molecule has 2 N–H and O–H groups in total. The molecule has 0 aliphatic carbocycles. The van der Waals surface area contributed by atoms with Gasteiger partial charge < -0.3 is 10.1 Å². The first-order chi connectivity index (χ1) is 8.49. The molecule has 1 aromatic heterocycles. The largest absolute Gasteiger partial charge is 0.478 e. The fourth-order valence-electron chi connectivity index (χ4n) is 1.53. The maximum atomic E-state index is 13.3. The summed E-state index contributed by atoms with van der Waals surface area (Å²) >= 11 is 5.91. The maximum absolute atomic E-state index is 13.3. The lowest BCUT2D eigenvalue weighted by molar-refractivity contribution is 0.0696. The van der Waals surface area contributed by atoms with E-state index in [4.69, 9.17) is 16.7 Å². The van der Waals surface area contributed by atoms with Gasteiger partial charge in [-0.25, -0.2) is 9.18 Å². The van der Waals surface area contributed by atoms with Crippen molar-refractivity contribution in [3.63, 3.8) is 0 Å². The van der Waals surface area contributed by atoms with Gasteiger partial charge in [0.1, 0.15) is 5.82 Å². The van der Waals surface area contributed by atoms with E-state index in [1.807, 2.05) is 0 Å². The van der Waals surface area contributed by atoms with Crippen molar-refractivity contribution in [2.75, 3.05) is 0 Å². The Hall–Kier alpha value is -2.14. The maximum Gasteiger partial charge on any atom is 0.337 e. The summed E-state index contributed by atoms with van der Waals surface area (Å²) in [6.45, 7) is 0. The van der Waals surface area contributed by atoms with Gasteiger partial charge in [-0.3, -0.25) is 4.79 Å². The van der Waals surface area contributed by atoms with E-state index >= 15 is 0 Å². The second kappa shape index (κ2) is 4.62. The Bertz CT molecular complexity index is 661. The van der Waals surface area contributed by atoms with Crippen LogP contribution in [0.15, 0.2) is 35.3 Å². The van der Waals surface area contributed by atoms with Gasteiger partial charge in [0, 0.05) is 17.8 Å². The average Bonchev–Trinajstić information content (AvgIpc) is 2.32. The molecule has 6 heteroatoms. The molecule has 92 valence electrons. The molecule has 1 aromatic carbocycles. The fraction of sp³-hybridized carbons (Fsp3) is 0. The highest BCUT2D eigenvalue weighted by molar-refractivity contribution is 6.36. The van der Waals surface area contributed by atoms with Crippen molar-refractivity contribution >= 4 is 17.6 Å². The highest BCUT2D eigenvalue weighted by Crippen LogP contribution is 2.31. The van der Waals surface area contributed by atoms with Gasteiger partial charge in [-0.15, -0.1) is 0 Å². The second-order valence-corrected chi connectivity index (χ2v) is 3.94. The first-order valence-corrected chi connectivity index (χ1v) is 5.28. The first kappa shape index (κ1) is 12.3. The number of carboxylic acids is 1. The summed E-state index contributed by atoms with van der Waals surface area (Å²) < 4.78 is 13.3. The summed E-state index contributed by atoms with van der Waals surface area (Å²) in [5, 5.41) is 8.82. The fourth-order valence-corrected chi connectivity index (χ4v) is 1.83. The zero-order valence-corrected chi connectivity index (χ0v) is 9.66. The summed E-state index contributed by atoms with van der Waals surface area (Å²) in [4.78, 5) is 24.2. The first-order valence-electron chi connectivity index (χ1n) is 4.90. The topological polar surface area (TPSA) is 70.2 Å². The molecule has 0 unspecified atom stereocenters. The normalized spacial score (nSPS) is 10.3. The molecule has 0 bridgehead atoms. The highest BCUT2D eigenvalue weighted by Gasteiger charge is 2.16. The zero-order chi connectivity index (χ0) is 13.3. The lowest BCUT2D eigenvalue weighted by Gasteiger charge is -2.07. The standard InChI is InChI=1S/C12H7ClFNO3/c13-11-8(6-1-2-10(16)15-5-6)3-7(14)4-9(11)12(17)18/h1-5H,(H,15,16)(H,17,18). The van der Waals surface area contributed by atoms with Gasteiger partial charge in [-0.05, 0) is 23.8 Å². The molecule has 0 saturated heterocycles. The lowest BCUT2D eigenvalue weighted by atomic mass is 10.0. The minimum Gasteiger partial charge on any atom is -0.478 e. The number of halogens is 2. The molecule has 0 amide bonds. The Kier molecular flexibility index (Phi) is 3.16. The van der Waals surface area contributed by atoms with E-state index in [2.05, 4.69) is 4.98 Å². The third-order valence-electron chi connectivity index (χ3n) is 2.36. The molecular weight excluding hydrogens is 261 g/mol. The predicted molar refractivity (Wildman–Crippen MR) is 64.4 cm³/mol. The zero-order valence-electron chi connectivity index (χ0n) is 8.91. The number of benzene rings is 1. The number of nitrogens with one attached hydrogen (secondary N) is 1. The molecule has 4 nitrogen and oxygen atoms in total. The van der Waals surface area contributed by atoms with Gasteiger partial charge in [0.25, 0.3) is 0 Å². The van der Waals surface area contributed by atoms with Gasteiger partial charge in [0.2, 0.25) is 5.56 Å². The molecule has 0 saturated carbocycles. The molecule has 2 rings (SSSR count). The third-order valence-corrected chi connectivity index (χ3v) is 2.77. The Morgan fingerprint density at radius 3 is 2.61 bits per heavy atom. The molecule has 2 aromatic rings. The average molecular weight is 268 g/mol. The van der Waals surface area contributed by atoms with Crippen LogP contribution in [0.4, 0.5) is 4.39 Å². The summed E-state index contributed by atoms with van der Waals surface area (Å²) in [5.41, 5.74) is 0.00881. The number of rotatable bonds is 2. The molecule has 0 aliphatic heterocycles. The van der Waals surface area contributed by atoms with Gasteiger partial charge in [0.05, 0.1) is 10.6 Å². The van der Waals surface area contributed by atoms with E-state index in [1.54, 1.807) is 0 Å². The van der Waals surface area contributed by atoms with Crippen LogP contribution in [0.5, 0.6) is 0 Å². The number of carbonyl (C=O) groups is 1. The number of pyridine rings is 1. The van der Waals surface area contributed by atoms with E-state index in [0.717, 1.165) is 12.1 Å². The van der Waals surface area contributed by atoms with Crippen LogP contribution in [0, 0.1) is 5.82 Å². The highest BCUT2D eigenvalue weighted by atomic mass is 35.5. The summed E-state index contributed by atoms with van der Waals surface area (Å²) in [6.07, 6.45) is 1.34. The van der Waals surface area contributed by atoms with Crippen molar-refractivity contribution in [1.29, 1.82) is 0 Å². The van der Waals surface area contributed by atoms with Crippen LogP contribution in [0.25, 0.3) is 11.1 Å². The number of hydrogen-bond donors (Lipinski definition) is 2. The number of aromatic carboxylic acids is 1. The molecule has 0 atom stereocenters. The van der Waals surface area contributed by atoms with Crippen molar-refractivity contribution in [2.24, 2.45) is 0 Å². The van der Waals surface area contributed by atoms with E-state index in [-0.39, 0.29) is 21.7 Å². The molecule has 0 spiro atoms. The van der Waals surface area contributed by atoms with Crippen LogP contribution < -0.4 is 5.56 Å². The van der Waals surface area contributed by atoms with Crippen molar-refractivity contribution < 1.29 is 14.3 Å². The van der Waals surface area contributed by atoms with E-state index in [0.29, 0.717) is 5.56 Å². The number of carboxylic acid groups (broad SMARTS) is 1. The lowest BCUT2D eigenvalue weighted by Crippen LogP contribution is -2.03. The number of aromatic amines is 1. The van der Waals surface area contributed by atoms with Crippen LogP contribution >= 0.6 is 11.6 Å².